The maximum Gasteiger partial charge on any atom is 0.230 e. The van der Waals surface area contributed by atoms with Crippen LogP contribution < -0.4 is 5.32 Å². The molecule has 0 radical (unpaired) electrons. The molecule has 0 spiro atoms. The van der Waals surface area contributed by atoms with Crippen LogP contribution in [0.3, 0.4) is 0 Å². The van der Waals surface area contributed by atoms with Crippen LogP contribution in [-0.2, 0) is 4.79 Å². The molecule has 1 amide bonds. The highest BCUT2D eigenvalue weighted by Gasteiger charge is 2.30. The van der Waals surface area contributed by atoms with E-state index in [0.717, 1.165) is 29.9 Å². The standard InChI is InChI=1S/C21H21FN4OS/c1-14(15-9-11-17(22)12-10-15)23-19(27)13-28-21-24-20(16-7-8-16)26(25-21)18-5-3-2-4-6-18/h2-6,9-12,14,16H,7-8,13H2,1H3,(H,23,27)/t14-/m0/s1. The minimum absolute atomic E-state index is 0.106. The summed E-state index contributed by atoms with van der Waals surface area (Å²) in [4.78, 5) is 17.0. The summed E-state index contributed by atoms with van der Waals surface area (Å²) in [5.41, 5.74) is 1.85. The van der Waals surface area contributed by atoms with Gasteiger partial charge in [0.15, 0.2) is 0 Å². The number of rotatable bonds is 7. The van der Waals surface area contributed by atoms with Gasteiger partial charge in [-0.1, -0.05) is 42.1 Å². The van der Waals surface area contributed by atoms with Crippen LogP contribution in [0, 0.1) is 5.82 Å². The van der Waals surface area contributed by atoms with Crippen molar-refractivity contribution in [1.82, 2.24) is 20.1 Å². The van der Waals surface area contributed by atoms with Gasteiger partial charge >= 0.3 is 0 Å². The molecule has 4 rings (SSSR count). The normalized spacial score (nSPS) is 14.6. The average molecular weight is 396 g/mol. The molecule has 5 nitrogen and oxygen atoms in total. The van der Waals surface area contributed by atoms with Crippen molar-refractivity contribution in [3.05, 3.63) is 71.8 Å². The molecule has 1 atom stereocenters. The van der Waals surface area contributed by atoms with E-state index in [2.05, 4.69) is 15.4 Å². The number of thioether (sulfide) groups is 1. The lowest BCUT2D eigenvalue weighted by atomic mass is 10.1. The molecule has 0 aliphatic heterocycles. The molecule has 144 valence electrons. The van der Waals surface area contributed by atoms with Crippen LogP contribution >= 0.6 is 11.8 Å². The van der Waals surface area contributed by atoms with Crippen LogP contribution in [0.15, 0.2) is 59.8 Å². The van der Waals surface area contributed by atoms with Crippen molar-refractivity contribution in [2.24, 2.45) is 0 Å². The number of nitrogens with zero attached hydrogens (tertiary/aromatic N) is 3. The highest BCUT2D eigenvalue weighted by Crippen LogP contribution is 2.40. The Labute approximate surface area is 167 Å². The monoisotopic (exact) mass is 396 g/mol. The van der Waals surface area contributed by atoms with Gasteiger partial charge in [0, 0.05) is 5.92 Å². The Hall–Kier alpha value is -2.67. The molecule has 0 saturated heterocycles. The summed E-state index contributed by atoms with van der Waals surface area (Å²) in [6.45, 7) is 1.88. The predicted octanol–water partition coefficient (Wildman–Crippen LogP) is 4.25. The lowest BCUT2D eigenvalue weighted by Crippen LogP contribution is -2.28. The quantitative estimate of drug-likeness (QED) is 0.607. The smallest absolute Gasteiger partial charge is 0.230 e. The van der Waals surface area contributed by atoms with E-state index >= 15 is 0 Å². The molecule has 28 heavy (non-hydrogen) atoms. The molecule has 2 aromatic carbocycles. The first kappa shape index (κ1) is 18.7. The summed E-state index contributed by atoms with van der Waals surface area (Å²) in [6, 6.07) is 15.9. The van der Waals surface area contributed by atoms with E-state index < -0.39 is 0 Å². The lowest BCUT2D eigenvalue weighted by Gasteiger charge is -2.13. The van der Waals surface area contributed by atoms with Gasteiger partial charge in [-0.2, -0.15) is 0 Å². The van der Waals surface area contributed by atoms with E-state index in [1.165, 1.54) is 23.9 Å². The molecule has 1 aromatic heterocycles. The number of aromatic nitrogens is 3. The zero-order chi connectivity index (χ0) is 19.5. The van der Waals surface area contributed by atoms with Gasteiger partial charge < -0.3 is 5.32 Å². The highest BCUT2D eigenvalue weighted by molar-refractivity contribution is 7.99. The number of amides is 1. The Balaban J connectivity index is 1.39. The van der Waals surface area contributed by atoms with E-state index in [9.17, 15) is 9.18 Å². The molecular weight excluding hydrogens is 375 g/mol. The zero-order valence-electron chi connectivity index (χ0n) is 15.5. The van der Waals surface area contributed by atoms with Crippen LogP contribution in [-0.4, -0.2) is 26.4 Å². The SMILES string of the molecule is C[C@H](NC(=O)CSc1nc(C2CC2)n(-c2ccccc2)n1)c1ccc(F)cc1. The number of para-hydroxylation sites is 1. The number of nitrogens with one attached hydrogen (secondary N) is 1. The van der Waals surface area contributed by atoms with Crippen molar-refractivity contribution in [3.8, 4) is 5.69 Å². The summed E-state index contributed by atoms with van der Waals surface area (Å²) in [7, 11) is 0. The maximum absolute atomic E-state index is 13.0. The maximum atomic E-state index is 13.0. The topological polar surface area (TPSA) is 59.8 Å². The number of benzene rings is 2. The fourth-order valence-corrected chi connectivity index (χ4v) is 3.62. The molecule has 1 aliphatic carbocycles. The third-order valence-corrected chi connectivity index (χ3v) is 5.47. The van der Waals surface area contributed by atoms with Gasteiger partial charge in [-0.25, -0.2) is 14.1 Å². The molecule has 1 fully saturated rings. The first-order valence-corrected chi connectivity index (χ1v) is 10.3. The van der Waals surface area contributed by atoms with Crippen LogP contribution in [0.25, 0.3) is 5.69 Å². The molecule has 1 N–H and O–H groups in total. The summed E-state index contributed by atoms with van der Waals surface area (Å²) < 4.78 is 14.9. The molecule has 1 saturated carbocycles. The minimum Gasteiger partial charge on any atom is -0.349 e. The van der Waals surface area contributed by atoms with Crippen molar-refractivity contribution < 1.29 is 9.18 Å². The second kappa shape index (κ2) is 8.14. The Kier molecular flexibility index (Phi) is 5.43. The summed E-state index contributed by atoms with van der Waals surface area (Å²) in [5.74, 6) is 1.26. The van der Waals surface area contributed by atoms with E-state index in [1.54, 1.807) is 12.1 Å². The van der Waals surface area contributed by atoms with E-state index in [1.807, 2.05) is 41.9 Å². The van der Waals surface area contributed by atoms with E-state index in [-0.39, 0.29) is 23.5 Å². The van der Waals surface area contributed by atoms with Gasteiger partial charge in [0.1, 0.15) is 11.6 Å². The highest BCUT2D eigenvalue weighted by atomic mass is 32.2. The summed E-state index contributed by atoms with van der Waals surface area (Å²) in [5, 5.41) is 8.14. The molecule has 0 bridgehead atoms. The third-order valence-electron chi connectivity index (χ3n) is 4.64. The van der Waals surface area contributed by atoms with E-state index in [0.29, 0.717) is 11.1 Å². The first-order chi connectivity index (χ1) is 13.6. The Morgan fingerprint density at radius 2 is 1.93 bits per heavy atom. The Bertz CT molecular complexity index is 954. The van der Waals surface area contributed by atoms with Gasteiger partial charge in [-0.15, -0.1) is 5.10 Å². The first-order valence-electron chi connectivity index (χ1n) is 9.30. The fourth-order valence-electron chi connectivity index (χ4n) is 2.98. The van der Waals surface area contributed by atoms with Crippen LogP contribution in [0.5, 0.6) is 0 Å². The van der Waals surface area contributed by atoms with E-state index in [4.69, 9.17) is 0 Å². The van der Waals surface area contributed by atoms with Gasteiger partial charge in [0.2, 0.25) is 11.1 Å². The van der Waals surface area contributed by atoms with Gasteiger partial charge in [-0.3, -0.25) is 4.79 Å². The van der Waals surface area contributed by atoms with Gasteiger partial charge in [-0.05, 0) is 49.6 Å². The van der Waals surface area contributed by atoms with Gasteiger partial charge in [0.25, 0.3) is 0 Å². The number of carbonyl (C=O) groups is 1. The second-order valence-corrected chi connectivity index (χ2v) is 7.85. The Morgan fingerprint density at radius 1 is 1.21 bits per heavy atom. The number of halogens is 1. The number of hydrogen-bond donors (Lipinski definition) is 1. The largest absolute Gasteiger partial charge is 0.349 e. The predicted molar refractivity (Wildman–Crippen MR) is 107 cm³/mol. The van der Waals surface area contributed by atoms with Crippen LogP contribution in [0.1, 0.15) is 43.1 Å². The molecular formula is C21H21FN4OS. The number of hydrogen-bond acceptors (Lipinski definition) is 4. The van der Waals surface area contributed by atoms with Crippen molar-refractivity contribution in [2.75, 3.05) is 5.75 Å². The number of carbonyl (C=O) groups excluding carboxylic acids is 1. The molecule has 1 aliphatic rings. The summed E-state index contributed by atoms with van der Waals surface area (Å²) >= 11 is 1.33. The second-order valence-electron chi connectivity index (χ2n) is 6.90. The van der Waals surface area contributed by atoms with Crippen molar-refractivity contribution >= 4 is 17.7 Å². The molecule has 3 aromatic rings. The van der Waals surface area contributed by atoms with Crippen molar-refractivity contribution in [2.45, 2.75) is 36.9 Å². The van der Waals surface area contributed by atoms with Crippen molar-refractivity contribution in [3.63, 3.8) is 0 Å². The average Bonchev–Trinajstić information content (AvgIpc) is 3.47. The molecule has 7 heteroatoms. The van der Waals surface area contributed by atoms with Crippen LogP contribution in [0.4, 0.5) is 4.39 Å². The minimum atomic E-state index is -0.288. The third kappa shape index (κ3) is 4.42. The summed E-state index contributed by atoms with van der Waals surface area (Å²) in [6.07, 6.45) is 2.26. The lowest BCUT2D eigenvalue weighted by molar-refractivity contribution is -0.119. The zero-order valence-corrected chi connectivity index (χ0v) is 16.3. The van der Waals surface area contributed by atoms with Crippen LogP contribution in [0.2, 0.25) is 0 Å². The molecule has 1 heterocycles. The van der Waals surface area contributed by atoms with Gasteiger partial charge in [0.05, 0.1) is 17.5 Å². The fraction of sp³-hybridized carbons (Fsp3) is 0.286. The Morgan fingerprint density at radius 3 is 2.61 bits per heavy atom. The van der Waals surface area contributed by atoms with Crippen molar-refractivity contribution in [1.29, 1.82) is 0 Å². The molecule has 0 unspecified atom stereocenters.